The van der Waals surface area contributed by atoms with E-state index in [1.165, 1.54) is 11.3 Å². The van der Waals surface area contributed by atoms with Crippen LogP contribution in [-0.2, 0) is 0 Å². The Bertz CT molecular complexity index is 727. The number of hydrogen-bond donors (Lipinski definition) is 1. The average molecular weight is 231 g/mol. The first-order chi connectivity index (χ1) is 7.79. The van der Waals surface area contributed by atoms with Crippen LogP contribution in [0.15, 0.2) is 35.1 Å². The molecule has 0 amide bonds. The van der Waals surface area contributed by atoms with E-state index < -0.39 is 0 Å². The van der Waals surface area contributed by atoms with Crippen LogP contribution in [0.2, 0.25) is 0 Å². The highest BCUT2D eigenvalue weighted by Gasteiger charge is 2.08. The number of fused-ring (bicyclic) bond motifs is 2. The van der Waals surface area contributed by atoms with Crippen LogP contribution < -0.4 is 10.2 Å². The molecule has 0 unspecified atom stereocenters. The Labute approximate surface area is 95.3 Å². The van der Waals surface area contributed by atoms with Crippen molar-refractivity contribution in [3.8, 4) is 5.06 Å². The fourth-order valence-electron chi connectivity index (χ4n) is 1.79. The first-order valence-corrected chi connectivity index (χ1v) is 5.70. The van der Waals surface area contributed by atoms with Crippen molar-refractivity contribution in [1.82, 2.24) is 4.98 Å². The zero-order valence-electron chi connectivity index (χ0n) is 8.61. The van der Waals surface area contributed by atoms with Gasteiger partial charge in [0.2, 0.25) is 0 Å². The van der Waals surface area contributed by atoms with E-state index >= 15 is 0 Å². The third-order valence-electron chi connectivity index (χ3n) is 2.58. The zero-order chi connectivity index (χ0) is 11.1. The van der Waals surface area contributed by atoms with Gasteiger partial charge < -0.3 is 9.72 Å². The van der Waals surface area contributed by atoms with Gasteiger partial charge in [0.15, 0.2) is 10.5 Å². The molecule has 0 radical (unpaired) electrons. The molecule has 0 saturated carbocycles. The second kappa shape index (κ2) is 3.35. The van der Waals surface area contributed by atoms with E-state index in [1.807, 2.05) is 24.3 Å². The van der Waals surface area contributed by atoms with Crippen molar-refractivity contribution >= 4 is 32.5 Å². The van der Waals surface area contributed by atoms with Gasteiger partial charge >= 0.3 is 0 Å². The Morgan fingerprint density at radius 2 is 2.06 bits per heavy atom. The van der Waals surface area contributed by atoms with Crippen molar-refractivity contribution in [3.05, 3.63) is 40.6 Å². The molecule has 1 aromatic carbocycles. The SMILES string of the molecule is COc1cc2c(=O)c3ccccc3[nH]c2s1. The molecule has 0 aliphatic carbocycles. The van der Waals surface area contributed by atoms with Crippen LogP contribution in [0.25, 0.3) is 21.1 Å². The Hall–Kier alpha value is -1.81. The predicted molar refractivity (Wildman–Crippen MR) is 66.5 cm³/mol. The van der Waals surface area contributed by atoms with Crippen LogP contribution in [0.3, 0.4) is 0 Å². The van der Waals surface area contributed by atoms with Crippen molar-refractivity contribution in [2.75, 3.05) is 7.11 Å². The van der Waals surface area contributed by atoms with Crippen molar-refractivity contribution in [2.24, 2.45) is 0 Å². The van der Waals surface area contributed by atoms with Crippen LogP contribution in [0.5, 0.6) is 5.06 Å². The Balaban J connectivity index is 2.53. The highest BCUT2D eigenvalue weighted by atomic mass is 32.1. The third kappa shape index (κ3) is 1.23. The number of aromatic amines is 1. The van der Waals surface area contributed by atoms with Crippen LogP contribution in [0, 0.1) is 0 Å². The molecule has 16 heavy (non-hydrogen) atoms. The summed E-state index contributed by atoms with van der Waals surface area (Å²) in [6, 6.07) is 9.30. The number of ether oxygens (including phenoxy) is 1. The smallest absolute Gasteiger partial charge is 0.198 e. The van der Waals surface area contributed by atoms with Gasteiger partial charge in [0.1, 0.15) is 4.83 Å². The molecule has 0 saturated heterocycles. The fourth-order valence-corrected chi connectivity index (χ4v) is 2.67. The lowest BCUT2D eigenvalue weighted by atomic mass is 10.2. The zero-order valence-corrected chi connectivity index (χ0v) is 9.43. The summed E-state index contributed by atoms with van der Waals surface area (Å²) < 4.78 is 5.14. The van der Waals surface area contributed by atoms with Crippen molar-refractivity contribution in [3.63, 3.8) is 0 Å². The lowest BCUT2D eigenvalue weighted by Gasteiger charge is -1.96. The lowest BCUT2D eigenvalue weighted by Crippen LogP contribution is -2.01. The topological polar surface area (TPSA) is 42.1 Å². The first kappa shape index (κ1) is 9.42. The van der Waals surface area contributed by atoms with Crippen molar-refractivity contribution < 1.29 is 4.74 Å². The highest BCUT2D eigenvalue weighted by molar-refractivity contribution is 7.20. The molecule has 0 fully saturated rings. The number of H-pyrrole nitrogens is 1. The van der Waals surface area contributed by atoms with Crippen molar-refractivity contribution in [1.29, 1.82) is 0 Å². The number of para-hydroxylation sites is 1. The number of thiophene rings is 1. The molecule has 4 heteroatoms. The number of hydrogen-bond acceptors (Lipinski definition) is 3. The monoisotopic (exact) mass is 231 g/mol. The molecule has 2 aromatic heterocycles. The summed E-state index contributed by atoms with van der Waals surface area (Å²) in [7, 11) is 1.61. The van der Waals surface area contributed by atoms with E-state index in [4.69, 9.17) is 4.74 Å². The molecule has 80 valence electrons. The number of methoxy groups -OCH3 is 1. The molecular weight excluding hydrogens is 222 g/mol. The standard InChI is InChI=1S/C12H9NO2S/c1-15-10-6-8-11(14)7-4-2-3-5-9(7)13-12(8)16-10/h2-6H,1H3,(H,13,14). The van der Waals surface area contributed by atoms with Gasteiger partial charge in [-0.2, -0.15) is 0 Å². The third-order valence-corrected chi connectivity index (χ3v) is 3.59. The molecule has 0 bridgehead atoms. The normalized spacial score (nSPS) is 11.1. The van der Waals surface area contributed by atoms with Gasteiger partial charge in [-0.1, -0.05) is 23.5 Å². The van der Waals surface area contributed by atoms with Crippen LogP contribution >= 0.6 is 11.3 Å². The van der Waals surface area contributed by atoms with Gasteiger partial charge in [-0.05, 0) is 12.1 Å². The minimum absolute atomic E-state index is 0.0592. The summed E-state index contributed by atoms with van der Waals surface area (Å²) in [5.41, 5.74) is 0.924. The number of benzene rings is 1. The van der Waals surface area contributed by atoms with Gasteiger partial charge in [0.25, 0.3) is 0 Å². The molecule has 0 atom stereocenters. The summed E-state index contributed by atoms with van der Waals surface area (Å²) in [5, 5.41) is 2.16. The average Bonchev–Trinajstić information content (AvgIpc) is 2.73. The highest BCUT2D eigenvalue weighted by Crippen LogP contribution is 2.29. The summed E-state index contributed by atoms with van der Waals surface area (Å²) in [6.07, 6.45) is 0. The van der Waals surface area contributed by atoms with Gasteiger partial charge in [0, 0.05) is 11.5 Å². The quantitative estimate of drug-likeness (QED) is 0.699. The number of rotatable bonds is 1. The molecule has 0 spiro atoms. The van der Waals surface area contributed by atoms with E-state index in [0.717, 1.165) is 20.8 Å². The Morgan fingerprint density at radius 1 is 1.25 bits per heavy atom. The van der Waals surface area contributed by atoms with Gasteiger partial charge in [0.05, 0.1) is 18.0 Å². The van der Waals surface area contributed by atoms with Crippen LogP contribution in [0.4, 0.5) is 0 Å². The second-order valence-electron chi connectivity index (χ2n) is 3.51. The number of pyridine rings is 1. The molecule has 1 N–H and O–H groups in total. The maximum atomic E-state index is 12.1. The number of nitrogens with one attached hydrogen (secondary N) is 1. The maximum Gasteiger partial charge on any atom is 0.198 e. The minimum Gasteiger partial charge on any atom is -0.487 e. The van der Waals surface area contributed by atoms with Gasteiger partial charge in [-0.25, -0.2) is 0 Å². The van der Waals surface area contributed by atoms with E-state index in [9.17, 15) is 4.79 Å². The van der Waals surface area contributed by atoms with Gasteiger partial charge in [-0.3, -0.25) is 4.79 Å². The fraction of sp³-hybridized carbons (Fsp3) is 0.0833. The minimum atomic E-state index is 0.0592. The van der Waals surface area contributed by atoms with Gasteiger partial charge in [-0.15, -0.1) is 0 Å². The molecular formula is C12H9NO2S. The molecule has 0 aliphatic rings. The second-order valence-corrected chi connectivity index (χ2v) is 4.53. The Morgan fingerprint density at radius 3 is 2.88 bits per heavy atom. The van der Waals surface area contributed by atoms with Crippen LogP contribution in [0.1, 0.15) is 0 Å². The summed E-state index contributed by atoms with van der Waals surface area (Å²) >= 11 is 1.45. The number of aromatic nitrogens is 1. The summed E-state index contributed by atoms with van der Waals surface area (Å²) in [4.78, 5) is 16.3. The largest absolute Gasteiger partial charge is 0.487 e. The predicted octanol–water partition coefficient (Wildman–Crippen LogP) is 2.75. The van der Waals surface area contributed by atoms with Crippen molar-refractivity contribution in [2.45, 2.75) is 0 Å². The van der Waals surface area contributed by atoms with E-state index in [-0.39, 0.29) is 5.43 Å². The van der Waals surface area contributed by atoms with Crippen LogP contribution in [-0.4, -0.2) is 12.1 Å². The lowest BCUT2D eigenvalue weighted by molar-refractivity contribution is 0.427. The van der Waals surface area contributed by atoms with E-state index in [0.29, 0.717) is 5.39 Å². The van der Waals surface area contributed by atoms with E-state index in [2.05, 4.69) is 4.98 Å². The summed E-state index contributed by atoms with van der Waals surface area (Å²) in [6.45, 7) is 0. The Kier molecular flexibility index (Phi) is 1.97. The maximum absolute atomic E-state index is 12.1. The molecule has 3 aromatic rings. The van der Waals surface area contributed by atoms with E-state index in [1.54, 1.807) is 13.2 Å². The molecule has 3 rings (SSSR count). The molecule has 3 nitrogen and oxygen atoms in total. The summed E-state index contributed by atoms with van der Waals surface area (Å²) in [5.74, 6) is 0. The molecule has 0 aliphatic heterocycles. The first-order valence-electron chi connectivity index (χ1n) is 4.88. The molecule has 2 heterocycles.